The lowest BCUT2D eigenvalue weighted by molar-refractivity contribution is 0.0310. The van der Waals surface area contributed by atoms with Crippen molar-refractivity contribution in [3.63, 3.8) is 0 Å². The van der Waals surface area contributed by atoms with E-state index in [0.29, 0.717) is 18.3 Å². The zero-order valence-electron chi connectivity index (χ0n) is 12.6. The van der Waals surface area contributed by atoms with E-state index in [4.69, 9.17) is 10.3 Å². The van der Waals surface area contributed by atoms with E-state index in [2.05, 4.69) is 40.8 Å². The fourth-order valence-corrected chi connectivity index (χ4v) is 2.25. The molecule has 0 radical (unpaired) electrons. The molecule has 2 N–H and O–H groups in total. The highest BCUT2D eigenvalue weighted by atomic mass is 16.5. The van der Waals surface area contributed by atoms with Gasteiger partial charge in [0.05, 0.1) is 12.1 Å². The molecule has 1 aromatic heterocycles. The van der Waals surface area contributed by atoms with E-state index in [1.54, 1.807) is 0 Å². The van der Waals surface area contributed by atoms with Crippen LogP contribution in [0, 0.1) is 0 Å². The third-order valence-electron chi connectivity index (χ3n) is 3.80. The van der Waals surface area contributed by atoms with E-state index in [1.165, 1.54) is 0 Å². The largest absolute Gasteiger partial charge is 0.338 e. The smallest absolute Gasteiger partial charge is 0.240 e. The summed E-state index contributed by atoms with van der Waals surface area (Å²) in [6.45, 7) is 12.0. The molecular weight excluding hydrogens is 242 g/mol. The normalized spacial score (nSPS) is 21.8. The van der Waals surface area contributed by atoms with E-state index >= 15 is 0 Å². The number of rotatable bonds is 3. The Hall–Kier alpha value is -0.980. The van der Waals surface area contributed by atoms with Crippen LogP contribution in [-0.2, 0) is 12.1 Å². The third-order valence-corrected chi connectivity index (χ3v) is 3.80. The lowest BCUT2D eigenvalue weighted by Gasteiger charge is -2.44. The second-order valence-electron chi connectivity index (χ2n) is 6.68. The molecule has 0 bridgehead atoms. The van der Waals surface area contributed by atoms with Crippen LogP contribution in [0.15, 0.2) is 4.52 Å². The SMILES string of the molecule is CN1CCN(Cc2nc(C(C)(C)N)no2)CC1(C)C. The third kappa shape index (κ3) is 3.32. The Kier molecular flexibility index (Phi) is 3.68. The first-order chi connectivity index (χ1) is 8.68. The number of aromatic nitrogens is 2. The van der Waals surface area contributed by atoms with Gasteiger partial charge in [0, 0.05) is 25.2 Å². The fourth-order valence-electron chi connectivity index (χ4n) is 2.25. The summed E-state index contributed by atoms with van der Waals surface area (Å²) in [4.78, 5) is 9.11. The molecule has 19 heavy (non-hydrogen) atoms. The van der Waals surface area contributed by atoms with Crippen LogP contribution in [0.5, 0.6) is 0 Å². The monoisotopic (exact) mass is 267 g/mol. The minimum Gasteiger partial charge on any atom is -0.338 e. The molecule has 1 saturated heterocycles. The van der Waals surface area contributed by atoms with Gasteiger partial charge in [0.2, 0.25) is 5.89 Å². The lowest BCUT2D eigenvalue weighted by atomic mass is 10.00. The van der Waals surface area contributed by atoms with E-state index in [1.807, 2.05) is 13.8 Å². The van der Waals surface area contributed by atoms with Crippen LogP contribution in [0.3, 0.4) is 0 Å². The Balaban J connectivity index is 2.00. The molecule has 1 aliphatic rings. The second-order valence-corrected chi connectivity index (χ2v) is 6.68. The molecule has 1 aromatic rings. The maximum atomic E-state index is 5.96. The summed E-state index contributed by atoms with van der Waals surface area (Å²) in [5, 5.41) is 3.96. The van der Waals surface area contributed by atoms with Crippen LogP contribution >= 0.6 is 0 Å². The van der Waals surface area contributed by atoms with Gasteiger partial charge in [-0.2, -0.15) is 4.98 Å². The fraction of sp³-hybridized carbons (Fsp3) is 0.846. The quantitative estimate of drug-likeness (QED) is 0.873. The average molecular weight is 267 g/mol. The summed E-state index contributed by atoms with van der Waals surface area (Å²) in [7, 11) is 2.17. The summed E-state index contributed by atoms with van der Waals surface area (Å²) in [6, 6.07) is 0. The number of likely N-dealkylation sites (N-methyl/N-ethyl adjacent to an activating group) is 1. The van der Waals surface area contributed by atoms with Crippen molar-refractivity contribution in [1.82, 2.24) is 19.9 Å². The predicted octanol–water partition coefficient (Wildman–Crippen LogP) is 0.789. The van der Waals surface area contributed by atoms with Crippen molar-refractivity contribution in [3.05, 3.63) is 11.7 Å². The molecule has 108 valence electrons. The highest BCUT2D eigenvalue weighted by molar-refractivity contribution is 4.99. The molecule has 0 amide bonds. The highest BCUT2D eigenvalue weighted by Crippen LogP contribution is 2.20. The van der Waals surface area contributed by atoms with Gasteiger partial charge in [-0.05, 0) is 34.7 Å². The summed E-state index contributed by atoms with van der Waals surface area (Å²) in [5.74, 6) is 1.21. The van der Waals surface area contributed by atoms with Gasteiger partial charge in [0.25, 0.3) is 0 Å². The Morgan fingerprint density at radius 2 is 2.05 bits per heavy atom. The van der Waals surface area contributed by atoms with Gasteiger partial charge in [-0.3, -0.25) is 9.80 Å². The average Bonchev–Trinajstić information content (AvgIpc) is 2.71. The van der Waals surface area contributed by atoms with Crippen LogP contribution in [0.25, 0.3) is 0 Å². The van der Waals surface area contributed by atoms with Gasteiger partial charge in [0.1, 0.15) is 0 Å². The first-order valence-corrected chi connectivity index (χ1v) is 6.74. The van der Waals surface area contributed by atoms with Crippen LogP contribution in [0.4, 0.5) is 0 Å². The number of nitrogens with zero attached hydrogens (tertiary/aromatic N) is 4. The minimum atomic E-state index is -0.552. The predicted molar refractivity (Wildman–Crippen MR) is 73.5 cm³/mol. The summed E-state index contributed by atoms with van der Waals surface area (Å²) < 4.78 is 5.29. The van der Waals surface area contributed by atoms with Gasteiger partial charge in [0.15, 0.2) is 5.82 Å². The van der Waals surface area contributed by atoms with Gasteiger partial charge in [-0.25, -0.2) is 0 Å². The lowest BCUT2D eigenvalue weighted by Crippen LogP contribution is -2.57. The molecule has 1 aliphatic heterocycles. The molecule has 6 nitrogen and oxygen atoms in total. The zero-order chi connectivity index (χ0) is 14.3. The number of nitrogens with two attached hydrogens (primary N) is 1. The van der Waals surface area contributed by atoms with E-state index in [0.717, 1.165) is 19.6 Å². The van der Waals surface area contributed by atoms with Crippen molar-refractivity contribution in [2.24, 2.45) is 5.73 Å². The molecule has 0 aromatic carbocycles. The van der Waals surface area contributed by atoms with Crippen molar-refractivity contribution < 1.29 is 4.52 Å². The van der Waals surface area contributed by atoms with Crippen LogP contribution in [0.1, 0.15) is 39.4 Å². The van der Waals surface area contributed by atoms with Crippen molar-refractivity contribution in [2.45, 2.75) is 45.3 Å². The van der Waals surface area contributed by atoms with Crippen molar-refractivity contribution in [2.75, 3.05) is 26.7 Å². The standard InChI is InChI=1S/C13H25N5O/c1-12(2)9-18(7-6-17(12)5)8-10-15-11(16-19-10)13(3,4)14/h6-9,14H2,1-5H3. The van der Waals surface area contributed by atoms with Crippen molar-refractivity contribution >= 4 is 0 Å². The highest BCUT2D eigenvalue weighted by Gasteiger charge is 2.32. The van der Waals surface area contributed by atoms with Gasteiger partial charge in [-0.1, -0.05) is 5.16 Å². The molecule has 0 aliphatic carbocycles. The molecule has 2 rings (SSSR count). The van der Waals surface area contributed by atoms with Gasteiger partial charge >= 0.3 is 0 Å². The van der Waals surface area contributed by atoms with E-state index in [-0.39, 0.29) is 5.54 Å². The van der Waals surface area contributed by atoms with Gasteiger partial charge in [-0.15, -0.1) is 0 Å². The maximum absolute atomic E-state index is 5.96. The van der Waals surface area contributed by atoms with E-state index in [9.17, 15) is 0 Å². The summed E-state index contributed by atoms with van der Waals surface area (Å²) >= 11 is 0. The summed E-state index contributed by atoms with van der Waals surface area (Å²) in [6.07, 6.45) is 0. The van der Waals surface area contributed by atoms with Crippen LogP contribution < -0.4 is 5.73 Å². The second kappa shape index (κ2) is 4.85. The summed E-state index contributed by atoms with van der Waals surface area (Å²) in [5.41, 5.74) is 5.58. The first kappa shape index (κ1) is 14.4. The number of hydrogen-bond donors (Lipinski definition) is 1. The minimum absolute atomic E-state index is 0.175. The Labute approximate surface area is 114 Å². The van der Waals surface area contributed by atoms with Gasteiger partial charge < -0.3 is 10.3 Å². The Bertz CT molecular complexity index is 434. The Morgan fingerprint density at radius 1 is 1.37 bits per heavy atom. The topological polar surface area (TPSA) is 71.4 Å². The van der Waals surface area contributed by atoms with Crippen LogP contribution in [-0.4, -0.2) is 52.2 Å². The molecule has 0 saturated carbocycles. The molecule has 0 unspecified atom stereocenters. The van der Waals surface area contributed by atoms with Crippen LogP contribution in [0.2, 0.25) is 0 Å². The first-order valence-electron chi connectivity index (χ1n) is 6.74. The van der Waals surface area contributed by atoms with Crippen molar-refractivity contribution in [3.8, 4) is 0 Å². The van der Waals surface area contributed by atoms with E-state index < -0.39 is 5.54 Å². The Morgan fingerprint density at radius 3 is 2.58 bits per heavy atom. The molecular formula is C13H25N5O. The molecule has 6 heteroatoms. The number of piperazine rings is 1. The zero-order valence-corrected chi connectivity index (χ0v) is 12.6. The number of hydrogen-bond acceptors (Lipinski definition) is 6. The molecule has 1 fully saturated rings. The molecule has 0 spiro atoms. The molecule has 0 atom stereocenters. The molecule has 2 heterocycles. The maximum Gasteiger partial charge on any atom is 0.240 e. The van der Waals surface area contributed by atoms with Crippen molar-refractivity contribution in [1.29, 1.82) is 0 Å².